The second-order valence-corrected chi connectivity index (χ2v) is 5.82. The summed E-state index contributed by atoms with van der Waals surface area (Å²) in [6, 6.07) is 10.7. The molecule has 0 bridgehead atoms. The summed E-state index contributed by atoms with van der Waals surface area (Å²) in [5.74, 6) is -0.310. The van der Waals surface area contributed by atoms with E-state index in [0.717, 1.165) is 0 Å². The fourth-order valence-corrected chi connectivity index (χ4v) is 3.11. The fraction of sp³-hybridized carbons (Fsp3) is 0.353. The topological polar surface area (TPSA) is 32.3 Å². The van der Waals surface area contributed by atoms with Crippen molar-refractivity contribution in [1.82, 2.24) is 10.2 Å². The Labute approximate surface area is 123 Å². The van der Waals surface area contributed by atoms with Crippen molar-refractivity contribution >= 4 is 16.7 Å². The molecule has 2 aromatic carbocycles. The maximum Gasteiger partial charge on any atom is 0.254 e. The van der Waals surface area contributed by atoms with E-state index < -0.39 is 0 Å². The van der Waals surface area contributed by atoms with Gasteiger partial charge in [-0.2, -0.15) is 0 Å². The minimum atomic E-state index is -0.288. The molecular formula is C17H19FN2O. The molecule has 21 heavy (non-hydrogen) atoms. The minimum Gasteiger partial charge on any atom is -0.336 e. The van der Waals surface area contributed by atoms with Crippen LogP contribution in [0.3, 0.4) is 0 Å². The summed E-state index contributed by atoms with van der Waals surface area (Å²) < 4.78 is 13.9. The van der Waals surface area contributed by atoms with Gasteiger partial charge in [0.2, 0.25) is 0 Å². The molecule has 1 saturated heterocycles. The van der Waals surface area contributed by atoms with Crippen LogP contribution in [0, 0.1) is 5.82 Å². The highest BCUT2D eigenvalue weighted by atomic mass is 19.1. The molecule has 1 aliphatic rings. The quantitative estimate of drug-likeness (QED) is 0.874. The molecule has 1 N–H and O–H groups in total. The number of nitrogens with one attached hydrogen (secondary N) is 1. The minimum absolute atomic E-state index is 0.0219. The van der Waals surface area contributed by atoms with E-state index in [1.165, 1.54) is 6.07 Å². The Balaban J connectivity index is 2.00. The average molecular weight is 286 g/mol. The number of carbonyl (C=O) groups excluding carboxylic acids is 1. The maximum absolute atomic E-state index is 13.9. The third kappa shape index (κ3) is 2.63. The summed E-state index contributed by atoms with van der Waals surface area (Å²) in [7, 11) is 0. The molecule has 2 atom stereocenters. The van der Waals surface area contributed by atoms with Crippen LogP contribution in [0.15, 0.2) is 36.4 Å². The number of halogens is 1. The molecule has 0 aliphatic carbocycles. The van der Waals surface area contributed by atoms with E-state index in [0.29, 0.717) is 29.4 Å². The third-order valence-corrected chi connectivity index (χ3v) is 3.95. The number of fused-ring (bicyclic) bond motifs is 1. The van der Waals surface area contributed by atoms with Gasteiger partial charge in [-0.25, -0.2) is 4.39 Å². The van der Waals surface area contributed by atoms with Crippen molar-refractivity contribution in [2.75, 3.05) is 13.1 Å². The van der Waals surface area contributed by atoms with Gasteiger partial charge in [0.05, 0.1) is 0 Å². The van der Waals surface area contributed by atoms with Crippen LogP contribution in [0.25, 0.3) is 10.8 Å². The van der Waals surface area contributed by atoms with Crippen LogP contribution in [0.1, 0.15) is 24.2 Å². The summed E-state index contributed by atoms with van der Waals surface area (Å²) in [6.07, 6.45) is 0. The van der Waals surface area contributed by atoms with E-state index in [-0.39, 0.29) is 23.8 Å². The average Bonchev–Trinajstić information content (AvgIpc) is 2.46. The number of hydrogen-bond donors (Lipinski definition) is 1. The Morgan fingerprint density at radius 3 is 2.38 bits per heavy atom. The van der Waals surface area contributed by atoms with Crippen LogP contribution in [-0.4, -0.2) is 36.0 Å². The second kappa shape index (κ2) is 5.45. The fourth-order valence-electron chi connectivity index (χ4n) is 3.11. The van der Waals surface area contributed by atoms with Crippen LogP contribution >= 0.6 is 0 Å². The molecule has 4 heteroatoms. The monoisotopic (exact) mass is 286 g/mol. The number of benzene rings is 2. The van der Waals surface area contributed by atoms with Crippen LogP contribution in [0.4, 0.5) is 4.39 Å². The summed E-state index contributed by atoms with van der Waals surface area (Å²) in [4.78, 5) is 14.6. The highest BCUT2D eigenvalue weighted by Gasteiger charge is 2.26. The third-order valence-electron chi connectivity index (χ3n) is 3.95. The van der Waals surface area contributed by atoms with Crippen molar-refractivity contribution in [3.8, 4) is 0 Å². The normalized spacial score (nSPS) is 22.5. The molecule has 3 rings (SSSR count). The van der Waals surface area contributed by atoms with Gasteiger partial charge in [0.15, 0.2) is 0 Å². The van der Waals surface area contributed by atoms with E-state index in [4.69, 9.17) is 0 Å². The molecule has 2 aromatic rings. The number of nitrogens with zero attached hydrogens (tertiary/aromatic N) is 1. The van der Waals surface area contributed by atoms with Crippen LogP contribution in [-0.2, 0) is 0 Å². The number of hydrogen-bond acceptors (Lipinski definition) is 2. The van der Waals surface area contributed by atoms with Gasteiger partial charge in [0.1, 0.15) is 5.82 Å². The molecule has 0 aromatic heterocycles. The standard InChI is InChI=1S/C17H19FN2O/c1-11-9-20(10-12(2)19-11)17(21)15-7-8-16(18)14-6-4-3-5-13(14)15/h3-8,11-12,19H,9-10H2,1-2H3. The molecule has 1 aliphatic heterocycles. The van der Waals surface area contributed by atoms with Gasteiger partial charge in [-0.1, -0.05) is 24.3 Å². The summed E-state index contributed by atoms with van der Waals surface area (Å²) in [6.45, 7) is 5.49. The molecular weight excluding hydrogens is 267 g/mol. The van der Waals surface area contributed by atoms with Crippen LogP contribution < -0.4 is 5.32 Å². The molecule has 0 radical (unpaired) electrons. The Morgan fingerprint density at radius 2 is 1.71 bits per heavy atom. The van der Waals surface area contributed by atoms with E-state index >= 15 is 0 Å². The zero-order chi connectivity index (χ0) is 15.0. The smallest absolute Gasteiger partial charge is 0.254 e. The Morgan fingerprint density at radius 1 is 1.10 bits per heavy atom. The molecule has 1 heterocycles. The largest absolute Gasteiger partial charge is 0.336 e. The first kappa shape index (κ1) is 14.0. The lowest BCUT2D eigenvalue weighted by atomic mass is 10.0. The van der Waals surface area contributed by atoms with E-state index in [9.17, 15) is 9.18 Å². The maximum atomic E-state index is 13.9. The predicted molar refractivity (Wildman–Crippen MR) is 81.9 cm³/mol. The first-order chi connectivity index (χ1) is 10.1. The van der Waals surface area contributed by atoms with E-state index in [1.807, 2.05) is 11.0 Å². The van der Waals surface area contributed by atoms with E-state index in [2.05, 4.69) is 19.2 Å². The lowest BCUT2D eigenvalue weighted by molar-refractivity contribution is 0.0676. The molecule has 0 saturated carbocycles. The van der Waals surface area contributed by atoms with Crippen molar-refractivity contribution < 1.29 is 9.18 Å². The molecule has 0 spiro atoms. The Bertz CT molecular complexity index is 676. The zero-order valence-corrected chi connectivity index (χ0v) is 12.3. The first-order valence-electron chi connectivity index (χ1n) is 7.29. The highest BCUT2D eigenvalue weighted by Crippen LogP contribution is 2.23. The van der Waals surface area contributed by atoms with Gasteiger partial charge < -0.3 is 10.2 Å². The molecule has 1 fully saturated rings. The van der Waals surface area contributed by atoms with Crippen molar-refractivity contribution in [2.24, 2.45) is 0 Å². The molecule has 2 unspecified atom stereocenters. The Hall–Kier alpha value is -1.94. The van der Waals surface area contributed by atoms with Crippen molar-refractivity contribution in [2.45, 2.75) is 25.9 Å². The SMILES string of the molecule is CC1CN(C(=O)c2ccc(F)c3ccccc23)CC(C)N1. The highest BCUT2D eigenvalue weighted by molar-refractivity contribution is 6.07. The van der Waals surface area contributed by atoms with Gasteiger partial charge in [-0.05, 0) is 31.4 Å². The molecule has 3 nitrogen and oxygen atoms in total. The number of rotatable bonds is 1. The Kier molecular flexibility index (Phi) is 3.64. The summed E-state index contributed by atoms with van der Waals surface area (Å²) in [5.41, 5.74) is 0.577. The van der Waals surface area contributed by atoms with Crippen molar-refractivity contribution in [3.63, 3.8) is 0 Å². The summed E-state index contributed by atoms with van der Waals surface area (Å²) >= 11 is 0. The number of piperazine rings is 1. The number of carbonyl (C=O) groups is 1. The van der Waals surface area contributed by atoms with Gasteiger partial charge in [-0.15, -0.1) is 0 Å². The number of amides is 1. The molecule has 1 amide bonds. The van der Waals surface area contributed by atoms with Crippen molar-refractivity contribution in [1.29, 1.82) is 0 Å². The predicted octanol–water partition coefficient (Wildman–Crippen LogP) is 2.80. The second-order valence-electron chi connectivity index (χ2n) is 5.82. The van der Waals surface area contributed by atoms with Crippen LogP contribution in [0.5, 0.6) is 0 Å². The summed E-state index contributed by atoms with van der Waals surface area (Å²) in [5, 5.41) is 4.59. The van der Waals surface area contributed by atoms with Gasteiger partial charge in [-0.3, -0.25) is 4.79 Å². The van der Waals surface area contributed by atoms with Crippen LogP contribution in [0.2, 0.25) is 0 Å². The molecule has 110 valence electrons. The van der Waals surface area contributed by atoms with Gasteiger partial charge >= 0.3 is 0 Å². The van der Waals surface area contributed by atoms with Gasteiger partial charge in [0.25, 0.3) is 5.91 Å². The van der Waals surface area contributed by atoms with E-state index in [1.54, 1.807) is 24.3 Å². The lowest BCUT2D eigenvalue weighted by Gasteiger charge is -2.36. The zero-order valence-electron chi connectivity index (χ0n) is 12.3. The lowest BCUT2D eigenvalue weighted by Crippen LogP contribution is -2.55. The van der Waals surface area contributed by atoms with Gasteiger partial charge in [0, 0.05) is 36.1 Å². The first-order valence-corrected chi connectivity index (χ1v) is 7.29. The van der Waals surface area contributed by atoms with Crippen molar-refractivity contribution in [3.05, 3.63) is 47.8 Å².